The highest BCUT2D eigenvalue weighted by Gasteiger charge is 2.15. The highest BCUT2D eigenvalue weighted by atomic mass is 32.1. The molecule has 2 aromatic heterocycles. The minimum absolute atomic E-state index is 0.0552. The predicted octanol–water partition coefficient (Wildman–Crippen LogP) is 4.03. The van der Waals surface area contributed by atoms with E-state index in [0.29, 0.717) is 10.7 Å². The number of nitrogens with zero attached hydrogens (tertiary/aromatic N) is 2. The van der Waals surface area contributed by atoms with Gasteiger partial charge in [0.2, 0.25) is 5.82 Å². The average Bonchev–Trinajstić information content (AvgIpc) is 3.26. The molecule has 3 rings (SSSR count). The summed E-state index contributed by atoms with van der Waals surface area (Å²) in [6.07, 6.45) is 0.901. The van der Waals surface area contributed by atoms with E-state index < -0.39 is 0 Å². The molecule has 0 aliphatic rings. The maximum absolute atomic E-state index is 12.1. The van der Waals surface area contributed by atoms with Gasteiger partial charge in [-0.3, -0.25) is 0 Å². The third kappa shape index (κ3) is 3.88. The second-order valence-corrected chi connectivity index (χ2v) is 6.52. The number of carbonyl (C=O) groups excluding carboxylic acids is 1. The molecule has 0 unspecified atom stereocenters. The summed E-state index contributed by atoms with van der Waals surface area (Å²) < 4.78 is 15.5. The minimum atomic E-state index is -0.378. The zero-order valence-corrected chi connectivity index (χ0v) is 15.1. The third-order valence-corrected chi connectivity index (χ3v) is 5.05. The SMILES string of the molecule is CCc1sc(C(=O)OCc2nc(-c3ccc(OC)cc3)no2)cc1C. The lowest BCUT2D eigenvalue weighted by atomic mass is 10.2. The van der Waals surface area contributed by atoms with E-state index in [0.717, 1.165) is 23.3 Å². The summed E-state index contributed by atoms with van der Waals surface area (Å²) >= 11 is 1.46. The molecule has 3 aromatic rings. The first-order chi connectivity index (χ1) is 12.1. The molecule has 0 atom stereocenters. The first kappa shape index (κ1) is 17.2. The zero-order valence-electron chi connectivity index (χ0n) is 14.2. The van der Waals surface area contributed by atoms with Gasteiger partial charge in [-0.2, -0.15) is 4.98 Å². The Bertz CT molecular complexity index is 868. The van der Waals surface area contributed by atoms with E-state index in [1.54, 1.807) is 7.11 Å². The van der Waals surface area contributed by atoms with Gasteiger partial charge in [0.05, 0.1) is 7.11 Å². The number of carbonyl (C=O) groups is 1. The van der Waals surface area contributed by atoms with Crippen molar-refractivity contribution in [2.45, 2.75) is 26.9 Å². The lowest BCUT2D eigenvalue weighted by Gasteiger charge is -1.99. The molecule has 25 heavy (non-hydrogen) atoms. The van der Waals surface area contributed by atoms with Crippen LogP contribution in [0.4, 0.5) is 0 Å². The molecule has 0 saturated carbocycles. The van der Waals surface area contributed by atoms with Crippen LogP contribution < -0.4 is 4.74 Å². The number of aromatic nitrogens is 2. The smallest absolute Gasteiger partial charge is 0.348 e. The van der Waals surface area contributed by atoms with Crippen molar-refractivity contribution >= 4 is 17.3 Å². The van der Waals surface area contributed by atoms with E-state index in [1.165, 1.54) is 16.2 Å². The summed E-state index contributed by atoms with van der Waals surface area (Å²) in [6, 6.07) is 9.15. The Kier molecular flexibility index (Phi) is 5.14. The fourth-order valence-corrected chi connectivity index (χ4v) is 3.35. The molecule has 0 radical (unpaired) electrons. The molecular formula is C18H18N2O4S. The number of thiophene rings is 1. The van der Waals surface area contributed by atoms with Crippen LogP contribution in [0.1, 0.15) is 32.9 Å². The zero-order chi connectivity index (χ0) is 17.8. The van der Waals surface area contributed by atoms with Gasteiger partial charge >= 0.3 is 5.97 Å². The van der Waals surface area contributed by atoms with E-state index in [1.807, 2.05) is 37.3 Å². The molecule has 2 heterocycles. The second-order valence-electron chi connectivity index (χ2n) is 5.39. The Hall–Kier alpha value is -2.67. The summed E-state index contributed by atoms with van der Waals surface area (Å²) in [5, 5.41) is 3.91. The lowest BCUT2D eigenvalue weighted by molar-refractivity contribution is 0.0435. The average molecular weight is 358 g/mol. The number of hydrogen-bond donors (Lipinski definition) is 0. The minimum Gasteiger partial charge on any atom is -0.497 e. The Balaban J connectivity index is 1.63. The van der Waals surface area contributed by atoms with Crippen LogP contribution in [0, 0.1) is 6.92 Å². The molecule has 0 fully saturated rings. The number of methoxy groups -OCH3 is 1. The standard InChI is InChI=1S/C18H18N2O4S/c1-4-14-11(2)9-15(25-14)18(21)23-10-16-19-17(20-24-16)12-5-7-13(22-3)8-6-12/h5-9H,4,10H2,1-3H3. The van der Waals surface area contributed by atoms with Crippen LogP contribution in [0.3, 0.4) is 0 Å². The Morgan fingerprint density at radius 3 is 2.68 bits per heavy atom. The molecule has 130 valence electrons. The highest BCUT2D eigenvalue weighted by molar-refractivity contribution is 7.14. The number of aryl methyl sites for hydroxylation is 2. The van der Waals surface area contributed by atoms with Crippen LogP contribution in [0.25, 0.3) is 11.4 Å². The second kappa shape index (κ2) is 7.48. The van der Waals surface area contributed by atoms with E-state index in [9.17, 15) is 4.79 Å². The quantitative estimate of drug-likeness (QED) is 0.619. The van der Waals surface area contributed by atoms with Crippen LogP contribution in [-0.4, -0.2) is 23.2 Å². The fraction of sp³-hybridized carbons (Fsp3) is 0.278. The van der Waals surface area contributed by atoms with Gasteiger partial charge < -0.3 is 14.0 Å². The van der Waals surface area contributed by atoms with Gasteiger partial charge in [0.25, 0.3) is 5.89 Å². The molecule has 0 spiro atoms. The van der Waals surface area contributed by atoms with Gasteiger partial charge in [-0.1, -0.05) is 12.1 Å². The van der Waals surface area contributed by atoms with Crippen molar-refractivity contribution in [3.63, 3.8) is 0 Å². The Morgan fingerprint density at radius 1 is 1.28 bits per heavy atom. The maximum atomic E-state index is 12.1. The predicted molar refractivity (Wildman–Crippen MR) is 93.8 cm³/mol. The van der Waals surface area contributed by atoms with Crippen molar-refractivity contribution in [2.75, 3.05) is 7.11 Å². The first-order valence-corrected chi connectivity index (χ1v) is 8.65. The molecular weight excluding hydrogens is 340 g/mol. The highest BCUT2D eigenvalue weighted by Crippen LogP contribution is 2.24. The summed E-state index contributed by atoms with van der Waals surface area (Å²) in [7, 11) is 1.61. The van der Waals surface area contributed by atoms with Crippen molar-refractivity contribution in [3.05, 3.63) is 51.5 Å². The summed E-state index contributed by atoms with van der Waals surface area (Å²) in [5.74, 6) is 1.06. The molecule has 0 amide bonds. The fourth-order valence-electron chi connectivity index (χ4n) is 2.34. The van der Waals surface area contributed by atoms with Crippen molar-refractivity contribution in [3.8, 4) is 17.1 Å². The maximum Gasteiger partial charge on any atom is 0.348 e. The topological polar surface area (TPSA) is 74.5 Å². The number of esters is 1. The van der Waals surface area contributed by atoms with E-state index in [2.05, 4.69) is 17.1 Å². The van der Waals surface area contributed by atoms with Crippen LogP contribution >= 0.6 is 11.3 Å². The lowest BCUT2D eigenvalue weighted by Crippen LogP contribution is -2.03. The Morgan fingerprint density at radius 2 is 2.04 bits per heavy atom. The first-order valence-electron chi connectivity index (χ1n) is 7.84. The normalized spacial score (nSPS) is 10.7. The Labute approximate surface area is 149 Å². The van der Waals surface area contributed by atoms with E-state index in [4.69, 9.17) is 14.0 Å². The van der Waals surface area contributed by atoms with Gasteiger partial charge in [-0.05, 0) is 49.2 Å². The largest absolute Gasteiger partial charge is 0.497 e. The van der Waals surface area contributed by atoms with Gasteiger partial charge in [0.15, 0.2) is 6.61 Å². The molecule has 0 N–H and O–H groups in total. The number of hydrogen-bond acceptors (Lipinski definition) is 7. The van der Waals surface area contributed by atoms with Gasteiger partial charge in [0, 0.05) is 10.4 Å². The molecule has 0 bridgehead atoms. The molecule has 0 aliphatic heterocycles. The van der Waals surface area contributed by atoms with Crippen molar-refractivity contribution in [1.82, 2.24) is 10.1 Å². The van der Waals surface area contributed by atoms with Crippen LogP contribution in [0.15, 0.2) is 34.9 Å². The molecule has 0 saturated heterocycles. The van der Waals surface area contributed by atoms with Gasteiger partial charge in [-0.25, -0.2) is 4.79 Å². The van der Waals surface area contributed by atoms with Crippen molar-refractivity contribution in [2.24, 2.45) is 0 Å². The molecule has 0 aliphatic carbocycles. The van der Waals surface area contributed by atoms with Crippen LogP contribution in [-0.2, 0) is 17.8 Å². The monoisotopic (exact) mass is 358 g/mol. The van der Waals surface area contributed by atoms with E-state index >= 15 is 0 Å². The molecule has 7 heteroatoms. The number of rotatable bonds is 6. The van der Waals surface area contributed by atoms with Crippen molar-refractivity contribution in [1.29, 1.82) is 0 Å². The van der Waals surface area contributed by atoms with Crippen molar-refractivity contribution < 1.29 is 18.8 Å². The van der Waals surface area contributed by atoms with Gasteiger partial charge in [-0.15, -0.1) is 11.3 Å². The third-order valence-electron chi connectivity index (χ3n) is 3.69. The summed E-state index contributed by atoms with van der Waals surface area (Å²) in [6.45, 7) is 4.00. The van der Waals surface area contributed by atoms with E-state index in [-0.39, 0.29) is 18.5 Å². The number of benzene rings is 1. The van der Waals surface area contributed by atoms with Crippen LogP contribution in [0.5, 0.6) is 5.75 Å². The summed E-state index contributed by atoms with van der Waals surface area (Å²) in [4.78, 5) is 18.2. The van der Waals surface area contributed by atoms with Gasteiger partial charge in [0.1, 0.15) is 10.6 Å². The van der Waals surface area contributed by atoms with Crippen LogP contribution in [0.2, 0.25) is 0 Å². The summed E-state index contributed by atoms with van der Waals surface area (Å²) in [5.41, 5.74) is 1.91. The number of ether oxygens (including phenoxy) is 2. The molecule has 6 nitrogen and oxygen atoms in total. The molecule has 1 aromatic carbocycles.